The van der Waals surface area contributed by atoms with E-state index in [4.69, 9.17) is 5.84 Å². The quantitative estimate of drug-likeness (QED) is 0.390. The molecule has 0 saturated heterocycles. The fourth-order valence-electron chi connectivity index (χ4n) is 3.34. The Labute approximate surface area is 152 Å². The van der Waals surface area contributed by atoms with Crippen molar-refractivity contribution in [1.29, 1.82) is 0 Å². The fourth-order valence-corrected chi connectivity index (χ4v) is 3.34. The van der Waals surface area contributed by atoms with Gasteiger partial charge in [0.2, 0.25) is 0 Å². The lowest BCUT2D eigenvalue weighted by atomic mass is 10.1. The predicted molar refractivity (Wildman–Crippen MR) is 96.8 cm³/mol. The van der Waals surface area contributed by atoms with E-state index in [1.54, 1.807) is 13.1 Å². The zero-order valence-corrected chi connectivity index (χ0v) is 14.5. The Balaban J connectivity index is 1.73. The number of alkyl halides is 3. The summed E-state index contributed by atoms with van der Waals surface area (Å²) in [6, 6.07) is 7.14. The molecule has 0 radical (unpaired) electrons. The summed E-state index contributed by atoms with van der Waals surface area (Å²) in [5, 5.41) is 7.98. The molecule has 9 heteroatoms. The summed E-state index contributed by atoms with van der Waals surface area (Å²) >= 11 is 0. The third-order valence-electron chi connectivity index (χ3n) is 4.71. The molecular weight excluding hydrogens is 362 g/mol. The molecule has 1 unspecified atom stereocenters. The highest BCUT2D eigenvalue weighted by atomic mass is 19.4. The first kappa shape index (κ1) is 17.5. The van der Waals surface area contributed by atoms with Gasteiger partial charge in [0.15, 0.2) is 11.6 Å². The van der Waals surface area contributed by atoms with Crippen LogP contribution in [0.5, 0.6) is 0 Å². The van der Waals surface area contributed by atoms with Gasteiger partial charge in [-0.2, -0.15) is 13.2 Å². The third-order valence-corrected chi connectivity index (χ3v) is 4.71. The van der Waals surface area contributed by atoms with E-state index >= 15 is 0 Å². The SMILES string of the molecule is Cc1ccc2[nH]cc(NC3(C)Nc4cc(C(F)(F)F)cc(F)c4N3N)c2c1. The van der Waals surface area contributed by atoms with Gasteiger partial charge >= 0.3 is 6.18 Å². The Morgan fingerprint density at radius 3 is 2.63 bits per heavy atom. The number of aromatic nitrogens is 1. The monoisotopic (exact) mass is 379 g/mol. The number of aromatic amines is 1. The van der Waals surface area contributed by atoms with Crippen LogP contribution in [0.15, 0.2) is 36.5 Å². The van der Waals surface area contributed by atoms with E-state index in [1.165, 1.54) is 0 Å². The van der Waals surface area contributed by atoms with Crippen LogP contribution in [0.3, 0.4) is 0 Å². The first-order valence-corrected chi connectivity index (χ1v) is 8.18. The van der Waals surface area contributed by atoms with Gasteiger partial charge in [0, 0.05) is 17.1 Å². The van der Waals surface area contributed by atoms with Crippen molar-refractivity contribution >= 4 is 28.0 Å². The number of hydrogen-bond donors (Lipinski definition) is 4. The van der Waals surface area contributed by atoms with Crippen LogP contribution in [0, 0.1) is 12.7 Å². The molecule has 0 saturated carbocycles. The molecule has 1 aromatic heterocycles. The maximum absolute atomic E-state index is 14.4. The lowest BCUT2D eigenvalue weighted by Crippen LogP contribution is -2.58. The maximum Gasteiger partial charge on any atom is 0.416 e. The highest BCUT2D eigenvalue weighted by Gasteiger charge is 2.43. The molecule has 0 aliphatic carbocycles. The van der Waals surface area contributed by atoms with Crippen LogP contribution in [-0.2, 0) is 6.18 Å². The average molecular weight is 379 g/mol. The second-order valence-corrected chi connectivity index (χ2v) is 6.80. The number of aryl methyl sites for hydroxylation is 1. The average Bonchev–Trinajstić information content (AvgIpc) is 3.06. The number of benzene rings is 2. The van der Waals surface area contributed by atoms with E-state index in [0.717, 1.165) is 27.5 Å². The molecule has 5 nitrogen and oxygen atoms in total. The second-order valence-electron chi connectivity index (χ2n) is 6.80. The van der Waals surface area contributed by atoms with Gasteiger partial charge in [0.05, 0.1) is 16.9 Å². The number of anilines is 3. The molecule has 27 heavy (non-hydrogen) atoms. The zero-order valence-electron chi connectivity index (χ0n) is 14.5. The number of nitrogens with zero attached hydrogens (tertiary/aromatic N) is 1. The lowest BCUT2D eigenvalue weighted by molar-refractivity contribution is -0.137. The molecule has 0 bridgehead atoms. The summed E-state index contributed by atoms with van der Waals surface area (Å²) in [6.45, 7) is 3.57. The molecular formula is C18H17F4N5. The molecule has 0 amide bonds. The Morgan fingerprint density at radius 2 is 1.93 bits per heavy atom. The van der Waals surface area contributed by atoms with Crippen LogP contribution in [0.1, 0.15) is 18.1 Å². The topological polar surface area (TPSA) is 69.1 Å². The summed E-state index contributed by atoms with van der Waals surface area (Å²) < 4.78 is 53.3. The number of halogens is 4. The number of H-pyrrole nitrogens is 1. The molecule has 2 heterocycles. The molecule has 1 atom stereocenters. The van der Waals surface area contributed by atoms with Crippen molar-refractivity contribution in [2.75, 3.05) is 15.6 Å². The van der Waals surface area contributed by atoms with Crippen LogP contribution in [-0.4, -0.2) is 10.8 Å². The van der Waals surface area contributed by atoms with E-state index in [1.807, 2.05) is 25.1 Å². The summed E-state index contributed by atoms with van der Waals surface area (Å²) in [5.41, 5.74) is 1.37. The van der Waals surface area contributed by atoms with Crippen molar-refractivity contribution in [3.63, 3.8) is 0 Å². The van der Waals surface area contributed by atoms with E-state index in [2.05, 4.69) is 15.6 Å². The van der Waals surface area contributed by atoms with Crippen LogP contribution in [0.2, 0.25) is 0 Å². The zero-order chi connectivity index (χ0) is 19.6. The number of nitrogens with two attached hydrogens (primary N) is 1. The third kappa shape index (κ3) is 2.74. The normalized spacial score (nSPS) is 19.3. The van der Waals surface area contributed by atoms with E-state index in [0.29, 0.717) is 11.8 Å². The predicted octanol–water partition coefficient (Wildman–Crippen LogP) is 4.53. The van der Waals surface area contributed by atoms with Crippen molar-refractivity contribution in [2.24, 2.45) is 5.84 Å². The lowest BCUT2D eigenvalue weighted by Gasteiger charge is -2.34. The Kier molecular flexibility index (Phi) is 3.58. The van der Waals surface area contributed by atoms with Crippen molar-refractivity contribution in [3.05, 3.63) is 53.5 Å². The first-order chi connectivity index (χ1) is 12.6. The van der Waals surface area contributed by atoms with Gasteiger partial charge in [-0.3, -0.25) is 5.01 Å². The van der Waals surface area contributed by atoms with Gasteiger partial charge in [-0.1, -0.05) is 11.6 Å². The molecule has 4 rings (SSSR count). The highest BCUT2D eigenvalue weighted by Crippen LogP contribution is 2.44. The largest absolute Gasteiger partial charge is 0.416 e. The number of nitrogens with one attached hydrogen (secondary N) is 3. The minimum absolute atomic E-state index is 0.0316. The van der Waals surface area contributed by atoms with Gasteiger partial charge in [-0.25, -0.2) is 10.2 Å². The smallest absolute Gasteiger partial charge is 0.359 e. The van der Waals surface area contributed by atoms with Gasteiger partial charge in [0.25, 0.3) is 0 Å². The summed E-state index contributed by atoms with van der Waals surface area (Å²) in [6.07, 6.45) is -2.93. The van der Waals surface area contributed by atoms with Crippen molar-refractivity contribution < 1.29 is 17.6 Å². The first-order valence-electron chi connectivity index (χ1n) is 8.18. The minimum Gasteiger partial charge on any atom is -0.359 e. The van der Waals surface area contributed by atoms with E-state index < -0.39 is 23.3 Å². The van der Waals surface area contributed by atoms with Gasteiger partial charge < -0.3 is 15.6 Å². The molecule has 0 spiro atoms. The number of rotatable bonds is 2. The summed E-state index contributed by atoms with van der Waals surface area (Å²) in [4.78, 5) is 3.11. The van der Waals surface area contributed by atoms with E-state index in [9.17, 15) is 17.6 Å². The molecule has 0 fully saturated rings. The maximum atomic E-state index is 14.4. The summed E-state index contributed by atoms with van der Waals surface area (Å²) in [7, 11) is 0. The van der Waals surface area contributed by atoms with Gasteiger partial charge in [-0.05, 0) is 38.1 Å². The van der Waals surface area contributed by atoms with Crippen LogP contribution in [0.25, 0.3) is 10.9 Å². The Hall–Kier alpha value is -2.94. The fraction of sp³-hybridized carbons (Fsp3) is 0.222. The van der Waals surface area contributed by atoms with Crippen LogP contribution in [0.4, 0.5) is 34.6 Å². The van der Waals surface area contributed by atoms with Crippen LogP contribution >= 0.6 is 0 Å². The molecule has 142 valence electrons. The van der Waals surface area contributed by atoms with E-state index in [-0.39, 0.29) is 11.4 Å². The Morgan fingerprint density at radius 1 is 1.19 bits per heavy atom. The second kappa shape index (κ2) is 5.53. The van der Waals surface area contributed by atoms with Gasteiger partial charge in [-0.15, -0.1) is 0 Å². The molecule has 2 aromatic carbocycles. The summed E-state index contributed by atoms with van der Waals surface area (Å²) in [5.74, 6) is 3.78. The molecule has 1 aliphatic heterocycles. The minimum atomic E-state index is -4.65. The number of hydrazine groups is 1. The van der Waals surface area contributed by atoms with Crippen molar-refractivity contribution in [1.82, 2.24) is 4.98 Å². The van der Waals surface area contributed by atoms with Crippen LogP contribution < -0.4 is 21.5 Å². The molecule has 3 aromatic rings. The van der Waals surface area contributed by atoms with Crippen molar-refractivity contribution in [2.45, 2.75) is 25.8 Å². The standard InChI is InChI=1S/C18H17F4N5/c1-9-3-4-13-11(5-9)15(8-24-13)26-17(2)25-14-7-10(18(20,21)22)6-12(19)16(14)27(17)23/h3-8,24-26H,23H2,1-2H3. The molecule has 5 N–H and O–H groups in total. The number of hydrogen-bond acceptors (Lipinski definition) is 4. The van der Waals surface area contributed by atoms with Crippen molar-refractivity contribution in [3.8, 4) is 0 Å². The van der Waals surface area contributed by atoms with Gasteiger partial charge in [0.1, 0.15) is 5.69 Å². The Bertz CT molecular complexity index is 1040. The highest BCUT2D eigenvalue weighted by molar-refractivity contribution is 5.94. The molecule has 1 aliphatic rings. The number of fused-ring (bicyclic) bond motifs is 2.